The van der Waals surface area contributed by atoms with Crippen LogP contribution in [0.3, 0.4) is 0 Å². The fourth-order valence-electron chi connectivity index (χ4n) is 3.12. The third-order valence-corrected chi connectivity index (χ3v) is 4.63. The summed E-state index contributed by atoms with van der Waals surface area (Å²) in [4.78, 5) is 6.69. The maximum absolute atomic E-state index is 6.29. The second-order valence-electron chi connectivity index (χ2n) is 5.84. The first kappa shape index (κ1) is 15.3. The molecule has 22 heavy (non-hydrogen) atoms. The Hall–Kier alpha value is -1.59. The van der Waals surface area contributed by atoms with Crippen LogP contribution in [-0.2, 0) is 7.05 Å². The van der Waals surface area contributed by atoms with Gasteiger partial charge in [-0.25, -0.2) is 4.98 Å². The summed E-state index contributed by atoms with van der Waals surface area (Å²) in [5, 5.41) is 8.64. The lowest BCUT2D eigenvalue weighted by Gasteiger charge is -2.35. The van der Waals surface area contributed by atoms with E-state index >= 15 is 0 Å². The van der Waals surface area contributed by atoms with Crippen molar-refractivity contribution in [2.24, 2.45) is 7.05 Å². The SMILES string of the molecule is C[C@H](NC1CCN(c2ccccc2Cl)CC1)c1ncnn1C. The van der Waals surface area contributed by atoms with Gasteiger partial charge < -0.3 is 10.2 Å². The monoisotopic (exact) mass is 319 g/mol. The molecule has 1 atom stereocenters. The van der Waals surface area contributed by atoms with E-state index in [0.29, 0.717) is 6.04 Å². The lowest BCUT2D eigenvalue weighted by atomic mass is 10.0. The Kier molecular flexibility index (Phi) is 4.64. The first-order chi connectivity index (χ1) is 10.6. The zero-order chi connectivity index (χ0) is 15.5. The number of nitrogens with one attached hydrogen (secondary N) is 1. The lowest BCUT2D eigenvalue weighted by molar-refractivity contribution is 0.368. The Bertz CT molecular complexity index is 619. The van der Waals surface area contributed by atoms with Gasteiger partial charge >= 0.3 is 0 Å². The molecule has 1 N–H and O–H groups in total. The Balaban J connectivity index is 1.56. The number of aromatic nitrogens is 3. The van der Waals surface area contributed by atoms with Crippen molar-refractivity contribution >= 4 is 17.3 Å². The van der Waals surface area contributed by atoms with Gasteiger partial charge in [0, 0.05) is 26.2 Å². The van der Waals surface area contributed by atoms with Crippen LogP contribution in [0.4, 0.5) is 5.69 Å². The van der Waals surface area contributed by atoms with Crippen molar-refractivity contribution in [1.29, 1.82) is 0 Å². The predicted molar refractivity (Wildman–Crippen MR) is 89.2 cm³/mol. The third-order valence-electron chi connectivity index (χ3n) is 4.31. The number of nitrogens with zero attached hydrogens (tertiary/aromatic N) is 4. The number of anilines is 1. The number of benzene rings is 1. The van der Waals surface area contributed by atoms with Gasteiger partial charge in [0.2, 0.25) is 0 Å². The molecule has 0 aliphatic carbocycles. The molecule has 0 amide bonds. The van der Waals surface area contributed by atoms with Gasteiger partial charge in [0.25, 0.3) is 0 Å². The molecular weight excluding hydrogens is 298 g/mol. The van der Waals surface area contributed by atoms with Crippen molar-refractivity contribution in [1.82, 2.24) is 20.1 Å². The summed E-state index contributed by atoms with van der Waals surface area (Å²) in [6.45, 7) is 4.18. The molecule has 1 aliphatic heterocycles. The first-order valence-electron chi connectivity index (χ1n) is 7.74. The highest BCUT2D eigenvalue weighted by atomic mass is 35.5. The van der Waals surface area contributed by atoms with E-state index in [1.807, 2.05) is 29.9 Å². The van der Waals surface area contributed by atoms with Crippen LogP contribution in [0.1, 0.15) is 31.6 Å². The molecule has 0 spiro atoms. The molecule has 0 saturated carbocycles. The van der Waals surface area contributed by atoms with E-state index in [4.69, 9.17) is 11.6 Å². The highest BCUT2D eigenvalue weighted by Crippen LogP contribution is 2.28. The summed E-state index contributed by atoms with van der Waals surface area (Å²) in [5.74, 6) is 0.980. The maximum atomic E-state index is 6.29. The molecule has 5 nitrogen and oxygen atoms in total. The van der Waals surface area contributed by atoms with Crippen molar-refractivity contribution in [3.63, 3.8) is 0 Å². The number of halogens is 1. The fourth-order valence-corrected chi connectivity index (χ4v) is 3.38. The van der Waals surface area contributed by atoms with Crippen LogP contribution in [0.5, 0.6) is 0 Å². The minimum atomic E-state index is 0.212. The van der Waals surface area contributed by atoms with Crippen molar-refractivity contribution < 1.29 is 0 Å². The summed E-state index contributed by atoms with van der Waals surface area (Å²) in [5.41, 5.74) is 1.14. The second-order valence-corrected chi connectivity index (χ2v) is 6.25. The van der Waals surface area contributed by atoms with E-state index in [9.17, 15) is 0 Å². The number of para-hydroxylation sites is 1. The van der Waals surface area contributed by atoms with Crippen molar-refractivity contribution in [3.05, 3.63) is 41.4 Å². The van der Waals surface area contributed by atoms with Crippen molar-refractivity contribution in [2.45, 2.75) is 31.8 Å². The van der Waals surface area contributed by atoms with E-state index in [-0.39, 0.29) is 6.04 Å². The van der Waals surface area contributed by atoms with Gasteiger partial charge in [0.05, 0.1) is 16.8 Å². The lowest BCUT2D eigenvalue weighted by Crippen LogP contribution is -2.43. The topological polar surface area (TPSA) is 46.0 Å². The third kappa shape index (κ3) is 3.25. The van der Waals surface area contributed by atoms with Gasteiger partial charge in [-0.1, -0.05) is 23.7 Å². The smallest absolute Gasteiger partial charge is 0.143 e. The second kappa shape index (κ2) is 6.67. The molecule has 0 bridgehead atoms. The Morgan fingerprint density at radius 2 is 2.00 bits per heavy atom. The first-order valence-corrected chi connectivity index (χ1v) is 8.12. The van der Waals surface area contributed by atoms with E-state index in [0.717, 1.165) is 42.5 Å². The van der Waals surface area contributed by atoms with E-state index in [2.05, 4.69) is 33.3 Å². The van der Waals surface area contributed by atoms with Crippen LogP contribution >= 0.6 is 11.6 Å². The fraction of sp³-hybridized carbons (Fsp3) is 0.500. The largest absolute Gasteiger partial charge is 0.370 e. The van der Waals surface area contributed by atoms with Gasteiger partial charge in [0.15, 0.2) is 0 Å². The molecule has 1 aromatic carbocycles. The molecule has 1 saturated heterocycles. The number of piperidine rings is 1. The molecule has 1 aliphatic rings. The highest BCUT2D eigenvalue weighted by molar-refractivity contribution is 6.33. The summed E-state index contributed by atoms with van der Waals surface area (Å²) in [6.07, 6.45) is 3.81. The molecule has 0 radical (unpaired) electrons. The summed E-state index contributed by atoms with van der Waals surface area (Å²) >= 11 is 6.29. The number of hydrogen-bond acceptors (Lipinski definition) is 4. The standard InChI is InChI=1S/C16H22ClN5/c1-12(16-18-11-19-21(16)2)20-13-7-9-22(10-8-13)15-6-4-3-5-14(15)17/h3-6,11-13,20H,7-10H2,1-2H3/t12-/m0/s1. The molecule has 2 heterocycles. The molecule has 2 aromatic rings. The zero-order valence-corrected chi connectivity index (χ0v) is 13.8. The molecular formula is C16H22ClN5. The van der Waals surface area contributed by atoms with E-state index in [1.165, 1.54) is 0 Å². The van der Waals surface area contributed by atoms with E-state index in [1.54, 1.807) is 6.33 Å². The molecule has 0 unspecified atom stereocenters. The average molecular weight is 320 g/mol. The zero-order valence-electron chi connectivity index (χ0n) is 13.0. The molecule has 118 valence electrons. The van der Waals surface area contributed by atoms with Gasteiger partial charge in [-0.15, -0.1) is 0 Å². The van der Waals surface area contributed by atoms with Gasteiger partial charge in [-0.3, -0.25) is 4.68 Å². The van der Waals surface area contributed by atoms with Crippen LogP contribution < -0.4 is 10.2 Å². The average Bonchev–Trinajstić information content (AvgIpc) is 2.95. The van der Waals surface area contributed by atoms with Gasteiger partial charge in [-0.05, 0) is 31.9 Å². The Morgan fingerprint density at radius 1 is 1.27 bits per heavy atom. The minimum absolute atomic E-state index is 0.212. The van der Waals surface area contributed by atoms with Crippen LogP contribution in [0.2, 0.25) is 5.02 Å². The molecule has 1 fully saturated rings. The quantitative estimate of drug-likeness (QED) is 0.941. The molecule has 6 heteroatoms. The predicted octanol–water partition coefficient (Wildman–Crippen LogP) is 2.79. The molecule has 3 rings (SSSR count). The van der Waals surface area contributed by atoms with Gasteiger partial charge in [0.1, 0.15) is 12.2 Å². The maximum Gasteiger partial charge on any atom is 0.143 e. The van der Waals surface area contributed by atoms with Crippen LogP contribution in [0.25, 0.3) is 0 Å². The van der Waals surface area contributed by atoms with Gasteiger partial charge in [-0.2, -0.15) is 5.10 Å². The Morgan fingerprint density at radius 3 is 2.64 bits per heavy atom. The molecule has 1 aromatic heterocycles. The van der Waals surface area contributed by atoms with Crippen LogP contribution in [0, 0.1) is 0 Å². The minimum Gasteiger partial charge on any atom is -0.370 e. The van der Waals surface area contributed by atoms with Crippen molar-refractivity contribution in [3.8, 4) is 0 Å². The summed E-state index contributed by atoms with van der Waals surface area (Å²) in [6, 6.07) is 8.79. The van der Waals surface area contributed by atoms with Crippen molar-refractivity contribution in [2.75, 3.05) is 18.0 Å². The summed E-state index contributed by atoms with van der Waals surface area (Å²) < 4.78 is 1.83. The number of aryl methyl sites for hydroxylation is 1. The van der Waals surface area contributed by atoms with Crippen LogP contribution in [-0.4, -0.2) is 33.9 Å². The summed E-state index contributed by atoms with van der Waals surface area (Å²) in [7, 11) is 1.93. The Labute approximate surface area is 136 Å². The highest BCUT2D eigenvalue weighted by Gasteiger charge is 2.23. The normalized spacial score (nSPS) is 17.7. The van der Waals surface area contributed by atoms with Crippen LogP contribution in [0.15, 0.2) is 30.6 Å². The number of rotatable bonds is 4. The number of hydrogen-bond donors (Lipinski definition) is 1. The van der Waals surface area contributed by atoms with E-state index < -0.39 is 0 Å².